The monoisotopic (exact) mass is 345 g/mol. The highest BCUT2D eigenvalue weighted by atomic mass is 16.5. The van der Waals surface area contributed by atoms with Gasteiger partial charge < -0.3 is 19.3 Å². The number of aromatic nitrogens is 2. The molecule has 0 saturated carbocycles. The number of carbonyl (C=O) groups is 1. The summed E-state index contributed by atoms with van der Waals surface area (Å²) in [6.07, 6.45) is 2.32. The second-order valence-electron chi connectivity index (χ2n) is 5.29. The fraction of sp³-hybridized carbons (Fsp3) is 0.389. The molecule has 1 heterocycles. The molecule has 0 radical (unpaired) electrons. The highest BCUT2D eigenvalue weighted by molar-refractivity contribution is 5.95. The van der Waals surface area contributed by atoms with Crippen molar-refractivity contribution in [2.45, 2.75) is 33.2 Å². The molecule has 0 saturated heterocycles. The first-order valence-electron chi connectivity index (χ1n) is 8.22. The van der Waals surface area contributed by atoms with Crippen LogP contribution in [0.5, 0.6) is 11.5 Å². The third-order valence-corrected chi connectivity index (χ3v) is 3.38. The molecule has 1 atom stereocenters. The third kappa shape index (κ3) is 4.82. The predicted molar refractivity (Wildman–Crippen MR) is 92.9 cm³/mol. The molecule has 0 aliphatic rings. The minimum Gasteiger partial charge on any atom is -0.490 e. The van der Waals surface area contributed by atoms with Gasteiger partial charge in [0.2, 0.25) is 5.89 Å². The second-order valence-corrected chi connectivity index (χ2v) is 5.29. The van der Waals surface area contributed by atoms with E-state index in [-0.39, 0.29) is 5.91 Å². The Morgan fingerprint density at radius 1 is 1.36 bits per heavy atom. The lowest BCUT2D eigenvalue weighted by Gasteiger charge is -2.14. The number of carbonyl (C=O) groups excluding carboxylic acids is 1. The Morgan fingerprint density at radius 3 is 2.80 bits per heavy atom. The molecule has 7 heteroatoms. The first-order valence-corrected chi connectivity index (χ1v) is 8.22. The average molecular weight is 345 g/mol. The molecular formula is C18H23N3O4. The number of benzene rings is 1. The molecule has 1 unspecified atom stereocenters. The summed E-state index contributed by atoms with van der Waals surface area (Å²) < 4.78 is 16.2. The van der Waals surface area contributed by atoms with Gasteiger partial charge in [-0.2, -0.15) is 4.98 Å². The van der Waals surface area contributed by atoms with E-state index in [4.69, 9.17) is 14.0 Å². The van der Waals surface area contributed by atoms with E-state index in [2.05, 4.69) is 22.0 Å². The maximum Gasteiger partial charge on any atom is 0.252 e. The number of hydrogen-bond donors (Lipinski definition) is 1. The van der Waals surface area contributed by atoms with Crippen LogP contribution >= 0.6 is 0 Å². The zero-order valence-electron chi connectivity index (χ0n) is 14.7. The molecule has 0 aliphatic carbocycles. The zero-order chi connectivity index (χ0) is 18.2. The Kier molecular flexibility index (Phi) is 6.56. The molecule has 0 fully saturated rings. The van der Waals surface area contributed by atoms with Crippen LogP contribution in [0.1, 0.15) is 48.9 Å². The molecule has 1 aromatic carbocycles. The molecule has 2 aromatic rings. The van der Waals surface area contributed by atoms with E-state index in [1.165, 1.54) is 0 Å². The maximum atomic E-state index is 12.5. The first-order chi connectivity index (χ1) is 12.1. The standard InChI is InChI=1S/C18H23N3O4/c1-5-10-24-14-9-8-13(11-15(14)23-7-3)17(22)19-12(4)18-20-16(6-2)21-25-18/h5,8-9,11-12H,1,6-7,10H2,2-4H3,(H,19,22). The van der Waals surface area contributed by atoms with Crippen LogP contribution in [0.4, 0.5) is 0 Å². The van der Waals surface area contributed by atoms with Gasteiger partial charge in [0.25, 0.3) is 5.91 Å². The Balaban J connectivity index is 2.12. The fourth-order valence-electron chi connectivity index (χ4n) is 2.11. The molecule has 0 spiro atoms. The molecule has 1 amide bonds. The minimum absolute atomic E-state index is 0.264. The Morgan fingerprint density at radius 2 is 2.16 bits per heavy atom. The van der Waals surface area contributed by atoms with Gasteiger partial charge in [0.15, 0.2) is 17.3 Å². The lowest BCUT2D eigenvalue weighted by Crippen LogP contribution is -2.27. The SMILES string of the molecule is C=CCOc1ccc(C(=O)NC(C)c2nc(CC)no2)cc1OCC. The van der Waals surface area contributed by atoms with E-state index in [9.17, 15) is 4.79 Å². The molecule has 25 heavy (non-hydrogen) atoms. The van der Waals surface area contributed by atoms with E-state index in [1.54, 1.807) is 31.2 Å². The number of aryl methyl sites for hydroxylation is 1. The van der Waals surface area contributed by atoms with Crippen LogP contribution in [0.25, 0.3) is 0 Å². The van der Waals surface area contributed by atoms with Crippen LogP contribution in [0.15, 0.2) is 35.4 Å². The first kappa shape index (κ1) is 18.5. The lowest BCUT2D eigenvalue weighted by atomic mass is 10.1. The topological polar surface area (TPSA) is 86.5 Å². The molecule has 1 aromatic heterocycles. The average Bonchev–Trinajstić information content (AvgIpc) is 3.10. The van der Waals surface area contributed by atoms with Crippen molar-refractivity contribution in [3.8, 4) is 11.5 Å². The number of rotatable bonds is 9. The quantitative estimate of drug-likeness (QED) is 0.703. The van der Waals surface area contributed by atoms with Gasteiger partial charge in [0.1, 0.15) is 12.6 Å². The summed E-state index contributed by atoms with van der Waals surface area (Å²) in [5.74, 6) is 1.80. The van der Waals surface area contributed by atoms with Crippen molar-refractivity contribution in [1.29, 1.82) is 0 Å². The Hall–Kier alpha value is -2.83. The lowest BCUT2D eigenvalue weighted by molar-refractivity contribution is 0.0932. The van der Waals surface area contributed by atoms with Crippen molar-refractivity contribution in [2.75, 3.05) is 13.2 Å². The van der Waals surface area contributed by atoms with Gasteiger partial charge in [-0.3, -0.25) is 4.79 Å². The summed E-state index contributed by atoms with van der Waals surface area (Å²) in [4.78, 5) is 16.7. The smallest absolute Gasteiger partial charge is 0.252 e. The Bertz CT molecular complexity index is 727. The molecule has 1 N–H and O–H groups in total. The molecular weight excluding hydrogens is 322 g/mol. The number of amides is 1. The molecule has 7 nitrogen and oxygen atoms in total. The molecule has 134 valence electrons. The van der Waals surface area contributed by atoms with Gasteiger partial charge >= 0.3 is 0 Å². The van der Waals surface area contributed by atoms with Crippen molar-refractivity contribution in [3.63, 3.8) is 0 Å². The largest absolute Gasteiger partial charge is 0.490 e. The Labute approximate surface area is 147 Å². The van der Waals surface area contributed by atoms with E-state index >= 15 is 0 Å². The van der Waals surface area contributed by atoms with Crippen molar-refractivity contribution in [3.05, 3.63) is 48.1 Å². The summed E-state index contributed by atoms with van der Waals surface area (Å²) in [6, 6.07) is 4.63. The van der Waals surface area contributed by atoms with E-state index in [0.29, 0.717) is 48.4 Å². The third-order valence-electron chi connectivity index (χ3n) is 3.38. The summed E-state index contributed by atoms with van der Waals surface area (Å²) >= 11 is 0. The van der Waals surface area contributed by atoms with E-state index < -0.39 is 6.04 Å². The van der Waals surface area contributed by atoms with E-state index in [1.807, 2.05) is 13.8 Å². The normalized spacial score (nSPS) is 11.6. The van der Waals surface area contributed by atoms with Crippen molar-refractivity contribution >= 4 is 5.91 Å². The summed E-state index contributed by atoms with van der Waals surface area (Å²) in [5, 5.41) is 6.67. The minimum atomic E-state index is -0.396. The second kappa shape index (κ2) is 8.86. The van der Waals surface area contributed by atoms with Crippen LogP contribution < -0.4 is 14.8 Å². The summed E-state index contributed by atoms with van der Waals surface area (Å²) in [6.45, 7) is 10.0. The van der Waals surface area contributed by atoms with Crippen molar-refractivity contribution in [2.24, 2.45) is 0 Å². The number of ether oxygens (including phenoxy) is 2. The highest BCUT2D eigenvalue weighted by Gasteiger charge is 2.18. The van der Waals surface area contributed by atoms with E-state index in [0.717, 1.165) is 0 Å². The van der Waals surface area contributed by atoms with Gasteiger partial charge in [-0.25, -0.2) is 0 Å². The van der Waals surface area contributed by atoms with Crippen LogP contribution in [0.3, 0.4) is 0 Å². The van der Waals surface area contributed by atoms with Crippen molar-refractivity contribution in [1.82, 2.24) is 15.5 Å². The zero-order valence-corrected chi connectivity index (χ0v) is 14.7. The van der Waals surface area contributed by atoms with Crippen LogP contribution in [0, 0.1) is 0 Å². The molecule has 0 aliphatic heterocycles. The molecule has 2 rings (SSSR count). The highest BCUT2D eigenvalue weighted by Crippen LogP contribution is 2.28. The maximum absolute atomic E-state index is 12.5. The van der Waals surface area contributed by atoms with Crippen LogP contribution in [-0.4, -0.2) is 29.3 Å². The van der Waals surface area contributed by atoms with Crippen LogP contribution in [-0.2, 0) is 6.42 Å². The van der Waals surface area contributed by atoms with Crippen molar-refractivity contribution < 1.29 is 18.8 Å². The van der Waals surface area contributed by atoms with Gasteiger partial charge in [0, 0.05) is 12.0 Å². The number of nitrogens with one attached hydrogen (secondary N) is 1. The number of nitrogens with zero attached hydrogens (tertiary/aromatic N) is 2. The van der Waals surface area contributed by atoms with Gasteiger partial charge in [-0.05, 0) is 32.0 Å². The number of hydrogen-bond acceptors (Lipinski definition) is 6. The van der Waals surface area contributed by atoms with Crippen LogP contribution in [0.2, 0.25) is 0 Å². The summed E-state index contributed by atoms with van der Waals surface area (Å²) in [5.41, 5.74) is 0.455. The fourth-order valence-corrected chi connectivity index (χ4v) is 2.11. The molecule has 0 bridgehead atoms. The summed E-state index contributed by atoms with van der Waals surface area (Å²) in [7, 11) is 0. The predicted octanol–water partition coefficient (Wildman–Crippen LogP) is 3.09. The van der Waals surface area contributed by atoms with Gasteiger partial charge in [-0.15, -0.1) is 0 Å². The van der Waals surface area contributed by atoms with Gasteiger partial charge in [0.05, 0.1) is 6.61 Å². The van der Waals surface area contributed by atoms with Gasteiger partial charge in [-0.1, -0.05) is 24.7 Å².